The van der Waals surface area contributed by atoms with Crippen molar-refractivity contribution in [3.05, 3.63) is 42.4 Å². The highest BCUT2D eigenvalue weighted by molar-refractivity contribution is 5.60. The Bertz CT molecular complexity index is 672. The molecular formula is C12H11N5. The van der Waals surface area contributed by atoms with Gasteiger partial charge in [-0.2, -0.15) is 0 Å². The molecule has 3 aromatic rings. The van der Waals surface area contributed by atoms with Gasteiger partial charge in [0.15, 0.2) is 11.5 Å². The third-order valence-electron chi connectivity index (χ3n) is 2.56. The van der Waals surface area contributed by atoms with Crippen molar-refractivity contribution in [3.8, 4) is 11.4 Å². The normalized spacial score (nSPS) is 10.9. The van der Waals surface area contributed by atoms with Crippen molar-refractivity contribution < 1.29 is 0 Å². The maximum absolute atomic E-state index is 5.77. The number of fused-ring (bicyclic) bond motifs is 1. The second kappa shape index (κ2) is 3.55. The zero-order valence-corrected chi connectivity index (χ0v) is 9.33. The predicted octanol–water partition coefficient (Wildman–Crippen LogP) is 1.68. The lowest BCUT2D eigenvalue weighted by Crippen LogP contribution is -1.94. The maximum atomic E-state index is 5.77. The first kappa shape index (κ1) is 9.77. The summed E-state index contributed by atoms with van der Waals surface area (Å²) < 4.78 is 1.70. The summed E-state index contributed by atoms with van der Waals surface area (Å²) in [6.07, 6.45) is 5.23. The van der Waals surface area contributed by atoms with Crippen molar-refractivity contribution in [1.29, 1.82) is 0 Å². The largest absolute Gasteiger partial charge is 0.397 e. The fourth-order valence-electron chi connectivity index (χ4n) is 1.79. The highest BCUT2D eigenvalue weighted by Crippen LogP contribution is 2.18. The van der Waals surface area contributed by atoms with Gasteiger partial charge < -0.3 is 5.73 Å². The fourth-order valence-corrected chi connectivity index (χ4v) is 1.79. The van der Waals surface area contributed by atoms with Gasteiger partial charge >= 0.3 is 0 Å². The Morgan fingerprint density at radius 1 is 1.35 bits per heavy atom. The molecule has 3 rings (SSSR count). The number of pyridine rings is 2. The van der Waals surface area contributed by atoms with E-state index in [4.69, 9.17) is 5.73 Å². The summed E-state index contributed by atoms with van der Waals surface area (Å²) >= 11 is 0. The topological polar surface area (TPSA) is 69.1 Å². The van der Waals surface area contributed by atoms with Gasteiger partial charge in [0, 0.05) is 18.0 Å². The van der Waals surface area contributed by atoms with Crippen LogP contribution in [0.3, 0.4) is 0 Å². The van der Waals surface area contributed by atoms with Crippen LogP contribution in [0.1, 0.15) is 5.56 Å². The number of nitrogens with two attached hydrogens (primary N) is 1. The molecule has 0 radical (unpaired) electrons. The van der Waals surface area contributed by atoms with Crippen molar-refractivity contribution in [3.63, 3.8) is 0 Å². The van der Waals surface area contributed by atoms with E-state index >= 15 is 0 Å². The van der Waals surface area contributed by atoms with Gasteiger partial charge in [0.1, 0.15) is 0 Å². The number of nitrogens with zero attached hydrogens (tertiary/aromatic N) is 4. The molecular weight excluding hydrogens is 214 g/mol. The number of aryl methyl sites for hydroxylation is 1. The van der Waals surface area contributed by atoms with Crippen LogP contribution in [0.5, 0.6) is 0 Å². The van der Waals surface area contributed by atoms with Crippen LogP contribution in [-0.4, -0.2) is 19.6 Å². The van der Waals surface area contributed by atoms with Crippen molar-refractivity contribution in [1.82, 2.24) is 19.6 Å². The number of nitrogen functional groups attached to an aromatic ring is 1. The molecule has 0 fully saturated rings. The summed E-state index contributed by atoms with van der Waals surface area (Å²) in [4.78, 5) is 8.54. The number of rotatable bonds is 1. The van der Waals surface area contributed by atoms with E-state index in [0.717, 1.165) is 16.8 Å². The van der Waals surface area contributed by atoms with Gasteiger partial charge in [-0.1, -0.05) is 0 Å². The van der Waals surface area contributed by atoms with E-state index < -0.39 is 0 Å². The minimum Gasteiger partial charge on any atom is -0.397 e. The minimum atomic E-state index is 0.659. The molecule has 0 amide bonds. The second-order valence-electron chi connectivity index (χ2n) is 3.90. The Balaban J connectivity index is 2.24. The van der Waals surface area contributed by atoms with Crippen LogP contribution in [0.2, 0.25) is 0 Å². The van der Waals surface area contributed by atoms with Crippen LogP contribution < -0.4 is 5.73 Å². The first-order valence-corrected chi connectivity index (χ1v) is 5.27. The highest BCUT2D eigenvalue weighted by Gasteiger charge is 2.08. The van der Waals surface area contributed by atoms with Crippen LogP contribution in [0.4, 0.5) is 5.69 Å². The van der Waals surface area contributed by atoms with Gasteiger partial charge in [-0.15, -0.1) is 5.10 Å². The number of hydrogen-bond acceptors (Lipinski definition) is 4. The van der Waals surface area contributed by atoms with E-state index in [1.165, 1.54) is 0 Å². The van der Waals surface area contributed by atoms with Gasteiger partial charge in [0.25, 0.3) is 0 Å². The van der Waals surface area contributed by atoms with Crippen LogP contribution in [0, 0.1) is 6.92 Å². The molecule has 0 atom stereocenters. The zero-order chi connectivity index (χ0) is 11.8. The first-order chi connectivity index (χ1) is 8.24. The highest BCUT2D eigenvalue weighted by atomic mass is 15.3. The summed E-state index contributed by atoms with van der Waals surface area (Å²) in [6.45, 7) is 1.97. The smallest absolute Gasteiger partial charge is 0.183 e. The maximum Gasteiger partial charge on any atom is 0.183 e. The van der Waals surface area contributed by atoms with Gasteiger partial charge in [0.2, 0.25) is 0 Å². The Morgan fingerprint density at radius 3 is 3.00 bits per heavy atom. The summed E-state index contributed by atoms with van der Waals surface area (Å²) in [6, 6.07) is 5.68. The summed E-state index contributed by atoms with van der Waals surface area (Å²) in [7, 11) is 0. The Labute approximate surface area is 97.9 Å². The quantitative estimate of drug-likeness (QED) is 0.684. The molecule has 5 heteroatoms. The molecule has 17 heavy (non-hydrogen) atoms. The lowest BCUT2D eigenvalue weighted by atomic mass is 10.2. The lowest BCUT2D eigenvalue weighted by molar-refractivity contribution is 0.962. The van der Waals surface area contributed by atoms with E-state index in [9.17, 15) is 0 Å². The average molecular weight is 225 g/mol. The fraction of sp³-hybridized carbons (Fsp3) is 0.0833. The lowest BCUT2D eigenvalue weighted by Gasteiger charge is -1.97. The van der Waals surface area contributed by atoms with Crippen LogP contribution in [0.15, 0.2) is 36.8 Å². The van der Waals surface area contributed by atoms with Crippen LogP contribution >= 0.6 is 0 Å². The van der Waals surface area contributed by atoms with Gasteiger partial charge in [-0.3, -0.25) is 4.98 Å². The van der Waals surface area contributed by atoms with Crippen LogP contribution in [0.25, 0.3) is 17.0 Å². The molecule has 0 aliphatic carbocycles. The van der Waals surface area contributed by atoms with Crippen molar-refractivity contribution in [2.24, 2.45) is 0 Å². The number of hydrogen-bond donors (Lipinski definition) is 1. The molecule has 0 spiro atoms. The van der Waals surface area contributed by atoms with E-state index in [2.05, 4.69) is 15.1 Å². The van der Waals surface area contributed by atoms with E-state index in [1.54, 1.807) is 23.1 Å². The molecule has 2 N–H and O–H groups in total. The van der Waals surface area contributed by atoms with E-state index in [1.807, 2.05) is 25.1 Å². The SMILES string of the molecule is Cc1cc(N)cn2nc(-c3cccnc3)nc12. The third kappa shape index (κ3) is 1.61. The van der Waals surface area contributed by atoms with Crippen molar-refractivity contribution in [2.75, 3.05) is 5.73 Å². The number of aromatic nitrogens is 4. The summed E-state index contributed by atoms with van der Waals surface area (Å²) in [5.74, 6) is 0.659. The molecule has 0 saturated heterocycles. The zero-order valence-electron chi connectivity index (χ0n) is 9.33. The monoisotopic (exact) mass is 225 g/mol. The minimum absolute atomic E-state index is 0.659. The third-order valence-corrected chi connectivity index (χ3v) is 2.56. The Kier molecular flexibility index (Phi) is 2.04. The number of anilines is 1. The summed E-state index contributed by atoms with van der Waals surface area (Å²) in [5.41, 5.74) is 9.17. The second-order valence-corrected chi connectivity index (χ2v) is 3.90. The molecule has 3 heterocycles. The molecule has 0 bridgehead atoms. The molecule has 0 aliphatic heterocycles. The molecule has 0 saturated carbocycles. The molecule has 5 nitrogen and oxygen atoms in total. The molecule has 0 aromatic carbocycles. The summed E-state index contributed by atoms with van der Waals surface area (Å²) in [5, 5.41) is 4.39. The molecule has 84 valence electrons. The van der Waals surface area contributed by atoms with Gasteiger partial charge in [0.05, 0.1) is 11.9 Å². The first-order valence-electron chi connectivity index (χ1n) is 5.27. The van der Waals surface area contributed by atoms with Gasteiger partial charge in [-0.05, 0) is 30.7 Å². The predicted molar refractivity (Wildman–Crippen MR) is 65.4 cm³/mol. The van der Waals surface area contributed by atoms with Crippen molar-refractivity contribution in [2.45, 2.75) is 6.92 Å². The van der Waals surface area contributed by atoms with Crippen molar-refractivity contribution >= 4 is 11.3 Å². The Morgan fingerprint density at radius 2 is 2.24 bits per heavy atom. The van der Waals surface area contributed by atoms with E-state index in [-0.39, 0.29) is 0 Å². The molecule has 3 aromatic heterocycles. The Hall–Kier alpha value is -2.43. The van der Waals surface area contributed by atoms with Crippen LogP contribution in [-0.2, 0) is 0 Å². The van der Waals surface area contributed by atoms with Gasteiger partial charge in [-0.25, -0.2) is 9.50 Å². The van der Waals surface area contributed by atoms with E-state index in [0.29, 0.717) is 11.5 Å². The molecule has 0 unspecified atom stereocenters. The average Bonchev–Trinajstić information content (AvgIpc) is 2.74. The standard InChI is InChI=1S/C12H11N5/c1-8-5-10(13)7-17-12(8)15-11(16-17)9-3-2-4-14-6-9/h2-7H,13H2,1H3. The molecule has 0 aliphatic rings.